The van der Waals surface area contributed by atoms with Gasteiger partial charge in [-0.25, -0.2) is 4.98 Å². The predicted octanol–water partition coefficient (Wildman–Crippen LogP) is 3.62. The SMILES string of the molecule is N#CCNC(=O)Cc1nnc(Cc2nc3cc(/C=C/c4ccccc4)ccc3s2)o1. The van der Waals surface area contributed by atoms with Crippen LogP contribution in [-0.2, 0) is 17.6 Å². The maximum absolute atomic E-state index is 11.6. The Labute approximate surface area is 176 Å². The quantitative estimate of drug-likeness (QED) is 0.365. The second-order valence-corrected chi connectivity index (χ2v) is 7.57. The lowest BCUT2D eigenvalue weighted by molar-refractivity contribution is -0.120. The van der Waals surface area contributed by atoms with Gasteiger partial charge in [0.15, 0.2) is 0 Å². The molecule has 0 unspecified atom stereocenters. The van der Waals surface area contributed by atoms with E-state index in [4.69, 9.17) is 9.68 Å². The van der Waals surface area contributed by atoms with Crippen LogP contribution < -0.4 is 5.32 Å². The fourth-order valence-corrected chi connectivity index (χ4v) is 3.77. The Morgan fingerprint density at radius 1 is 1.10 bits per heavy atom. The molecular formula is C22H17N5O2S. The first kappa shape index (κ1) is 19.5. The van der Waals surface area contributed by atoms with Crippen molar-refractivity contribution in [2.45, 2.75) is 12.8 Å². The minimum Gasteiger partial charge on any atom is -0.424 e. The molecule has 30 heavy (non-hydrogen) atoms. The van der Waals surface area contributed by atoms with Crippen molar-refractivity contribution in [2.75, 3.05) is 6.54 Å². The second kappa shape index (κ2) is 9.11. The molecule has 0 aliphatic rings. The van der Waals surface area contributed by atoms with Gasteiger partial charge in [0, 0.05) is 0 Å². The summed E-state index contributed by atoms with van der Waals surface area (Å²) in [5.41, 5.74) is 3.14. The molecule has 8 heteroatoms. The van der Waals surface area contributed by atoms with Crippen LogP contribution in [-0.4, -0.2) is 27.6 Å². The Morgan fingerprint density at radius 2 is 1.90 bits per heavy atom. The molecule has 4 rings (SSSR count). The van der Waals surface area contributed by atoms with Gasteiger partial charge in [0.25, 0.3) is 0 Å². The lowest BCUT2D eigenvalue weighted by atomic mass is 10.1. The third kappa shape index (κ3) is 4.96. The summed E-state index contributed by atoms with van der Waals surface area (Å²) in [5.74, 6) is 0.291. The van der Waals surface area contributed by atoms with Crippen LogP contribution in [0.25, 0.3) is 22.4 Å². The zero-order valence-electron chi connectivity index (χ0n) is 15.9. The lowest BCUT2D eigenvalue weighted by Crippen LogP contribution is -2.25. The summed E-state index contributed by atoms with van der Waals surface area (Å²) in [7, 11) is 0. The Kier molecular flexibility index (Phi) is 5.92. The van der Waals surface area contributed by atoms with Gasteiger partial charge in [-0.15, -0.1) is 21.5 Å². The number of nitrogens with zero attached hydrogens (tertiary/aromatic N) is 4. The highest BCUT2D eigenvalue weighted by atomic mass is 32.1. The molecule has 1 amide bonds. The molecule has 0 aliphatic carbocycles. The van der Waals surface area contributed by atoms with Crippen molar-refractivity contribution in [1.29, 1.82) is 5.26 Å². The first-order valence-electron chi connectivity index (χ1n) is 9.27. The third-order valence-electron chi connectivity index (χ3n) is 4.21. The summed E-state index contributed by atoms with van der Waals surface area (Å²) in [6, 6.07) is 18.1. The third-order valence-corrected chi connectivity index (χ3v) is 5.25. The number of rotatable bonds is 7. The average Bonchev–Trinajstić information content (AvgIpc) is 3.37. The Morgan fingerprint density at radius 3 is 2.73 bits per heavy atom. The van der Waals surface area contributed by atoms with Gasteiger partial charge in [-0.2, -0.15) is 5.26 Å². The molecule has 2 heterocycles. The summed E-state index contributed by atoms with van der Waals surface area (Å²) < 4.78 is 6.62. The van der Waals surface area contributed by atoms with Gasteiger partial charge in [0.2, 0.25) is 17.7 Å². The van der Waals surface area contributed by atoms with Gasteiger partial charge in [0.1, 0.15) is 18.0 Å². The maximum Gasteiger partial charge on any atom is 0.230 e. The summed E-state index contributed by atoms with van der Waals surface area (Å²) in [6.07, 6.45) is 4.49. The molecule has 0 saturated heterocycles. The number of nitrogens with one attached hydrogen (secondary N) is 1. The number of thiazole rings is 1. The number of carbonyl (C=O) groups excluding carboxylic acids is 1. The number of carbonyl (C=O) groups is 1. The largest absolute Gasteiger partial charge is 0.424 e. The van der Waals surface area contributed by atoms with Crippen LogP contribution in [0.3, 0.4) is 0 Å². The number of nitriles is 1. The Bertz CT molecular complexity index is 1240. The first-order chi connectivity index (χ1) is 14.7. The van der Waals surface area contributed by atoms with E-state index in [1.54, 1.807) is 11.3 Å². The minimum absolute atomic E-state index is 0.0476. The summed E-state index contributed by atoms with van der Waals surface area (Å²) in [4.78, 5) is 16.3. The topological polar surface area (TPSA) is 105 Å². The van der Waals surface area contributed by atoms with Crippen molar-refractivity contribution >= 4 is 39.6 Å². The molecule has 0 radical (unpaired) electrons. The van der Waals surface area contributed by atoms with E-state index < -0.39 is 0 Å². The molecule has 2 aromatic heterocycles. The number of hydrogen-bond acceptors (Lipinski definition) is 7. The second-order valence-electron chi connectivity index (χ2n) is 6.46. The van der Waals surface area contributed by atoms with Crippen molar-refractivity contribution in [3.8, 4) is 6.07 Å². The van der Waals surface area contributed by atoms with Gasteiger partial charge in [-0.05, 0) is 23.3 Å². The molecule has 1 N–H and O–H groups in total. The van der Waals surface area contributed by atoms with E-state index in [0.29, 0.717) is 12.3 Å². The van der Waals surface area contributed by atoms with Crippen LogP contribution in [0.4, 0.5) is 0 Å². The van der Waals surface area contributed by atoms with Crippen LogP contribution in [0.1, 0.15) is 27.9 Å². The number of fused-ring (bicyclic) bond motifs is 1. The summed E-state index contributed by atoms with van der Waals surface area (Å²) in [5, 5.41) is 19.7. The minimum atomic E-state index is -0.331. The lowest BCUT2D eigenvalue weighted by Gasteiger charge is -1.95. The van der Waals surface area contributed by atoms with E-state index in [-0.39, 0.29) is 24.8 Å². The van der Waals surface area contributed by atoms with Crippen molar-refractivity contribution < 1.29 is 9.21 Å². The molecule has 7 nitrogen and oxygen atoms in total. The highest BCUT2D eigenvalue weighted by molar-refractivity contribution is 7.18. The van der Waals surface area contributed by atoms with E-state index in [2.05, 4.69) is 56.9 Å². The summed E-state index contributed by atoms with van der Waals surface area (Å²) >= 11 is 1.57. The number of hydrogen-bond donors (Lipinski definition) is 1. The molecule has 0 aliphatic heterocycles. The fourth-order valence-electron chi connectivity index (χ4n) is 2.83. The predicted molar refractivity (Wildman–Crippen MR) is 114 cm³/mol. The molecule has 148 valence electrons. The van der Waals surface area contributed by atoms with Gasteiger partial charge in [-0.1, -0.05) is 48.6 Å². The molecule has 0 atom stereocenters. The van der Waals surface area contributed by atoms with E-state index >= 15 is 0 Å². The fraction of sp³-hybridized carbons (Fsp3) is 0.136. The summed E-state index contributed by atoms with van der Waals surface area (Å²) in [6.45, 7) is -0.0476. The van der Waals surface area contributed by atoms with Gasteiger partial charge < -0.3 is 9.73 Å². The smallest absolute Gasteiger partial charge is 0.230 e. The standard InChI is InChI=1S/C22H17N5O2S/c23-10-11-24-19(28)13-20-26-27-21(29-20)14-22-25-17-12-16(8-9-18(17)30-22)7-6-15-4-2-1-3-5-15/h1-9,12H,11,13-14H2,(H,24,28)/b7-6+. The van der Waals surface area contributed by atoms with E-state index in [1.165, 1.54) is 0 Å². The molecule has 0 spiro atoms. The van der Waals surface area contributed by atoms with Crippen molar-refractivity contribution in [3.63, 3.8) is 0 Å². The Hall–Kier alpha value is -3.83. The molecule has 2 aromatic carbocycles. The molecule has 0 saturated carbocycles. The van der Waals surface area contributed by atoms with Gasteiger partial charge >= 0.3 is 0 Å². The average molecular weight is 415 g/mol. The van der Waals surface area contributed by atoms with E-state index in [9.17, 15) is 4.79 Å². The normalized spacial score (nSPS) is 11.0. The van der Waals surface area contributed by atoms with Crippen LogP contribution >= 0.6 is 11.3 Å². The number of aromatic nitrogens is 3. The van der Waals surface area contributed by atoms with Crippen LogP contribution in [0.5, 0.6) is 0 Å². The van der Waals surface area contributed by atoms with Crippen molar-refractivity contribution in [2.24, 2.45) is 0 Å². The van der Waals surface area contributed by atoms with Crippen molar-refractivity contribution in [1.82, 2.24) is 20.5 Å². The van der Waals surface area contributed by atoms with Crippen LogP contribution in [0, 0.1) is 11.3 Å². The van der Waals surface area contributed by atoms with E-state index in [0.717, 1.165) is 26.4 Å². The number of amides is 1. The van der Waals surface area contributed by atoms with Crippen molar-refractivity contribution in [3.05, 3.63) is 76.4 Å². The van der Waals surface area contributed by atoms with Gasteiger partial charge in [-0.3, -0.25) is 4.79 Å². The first-order valence-corrected chi connectivity index (χ1v) is 10.1. The molecule has 0 fully saturated rings. The highest BCUT2D eigenvalue weighted by Crippen LogP contribution is 2.25. The Balaban J connectivity index is 1.43. The zero-order chi connectivity index (χ0) is 20.8. The van der Waals surface area contributed by atoms with Crippen LogP contribution in [0.15, 0.2) is 52.9 Å². The highest BCUT2D eigenvalue weighted by Gasteiger charge is 2.13. The number of benzene rings is 2. The molecule has 4 aromatic rings. The van der Waals surface area contributed by atoms with E-state index in [1.807, 2.05) is 30.3 Å². The monoisotopic (exact) mass is 415 g/mol. The van der Waals surface area contributed by atoms with Gasteiger partial charge in [0.05, 0.1) is 22.7 Å². The van der Waals surface area contributed by atoms with Crippen LogP contribution in [0.2, 0.25) is 0 Å². The zero-order valence-corrected chi connectivity index (χ0v) is 16.7. The maximum atomic E-state index is 11.6. The molecular weight excluding hydrogens is 398 g/mol. The molecule has 0 bridgehead atoms.